The second-order valence-corrected chi connectivity index (χ2v) is 17.9. The fourth-order valence-electron chi connectivity index (χ4n) is 7.11. The molecule has 15 nitrogen and oxygen atoms in total. The molecule has 2 aromatic heterocycles. The van der Waals surface area contributed by atoms with E-state index in [1.807, 2.05) is 40.0 Å². The minimum absolute atomic E-state index is 0.0160. The molecule has 1 aromatic carbocycles. The van der Waals surface area contributed by atoms with Gasteiger partial charge in [0.1, 0.15) is 17.6 Å². The second-order valence-electron chi connectivity index (χ2n) is 15.8. The lowest BCUT2D eigenvalue weighted by Crippen LogP contribution is -2.43. The van der Waals surface area contributed by atoms with E-state index in [1.54, 1.807) is 0 Å². The maximum Gasteiger partial charge on any atom is 0.322 e. The fourth-order valence-corrected chi connectivity index (χ4v) is 8.31. The zero-order chi connectivity index (χ0) is 39.5. The Kier molecular flexibility index (Phi) is 18.4. The second kappa shape index (κ2) is 23.7. The van der Waals surface area contributed by atoms with E-state index in [4.69, 9.17) is 20.4 Å². The summed E-state index contributed by atoms with van der Waals surface area (Å²) in [6, 6.07) is 8.04. The molecule has 56 heavy (non-hydrogen) atoms. The van der Waals surface area contributed by atoms with Crippen LogP contribution in [-0.2, 0) is 27.4 Å². The van der Waals surface area contributed by atoms with Gasteiger partial charge in [0.15, 0.2) is 0 Å². The van der Waals surface area contributed by atoms with Crippen LogP contribution in [0, 0.1) is 5.92 Å². The summed E-state index contributed by atoms with van der Waals surface area (Å²) in [5.41, 5.74) is 7.76. The molecule has 0 bridgehead atoms. The quantitative estimate of drug-likeness (QED) is 0.0425. The molecule has 310 valence electrons. The molecular formula is C40H67N12O3P. The standard InChI is InChI=1S/C40H67N12O3P/c1-30(2)27-45-56(3)26-25-55-39(54)35(41)15-16-37(53)51-23-17-32(18-24-51)46-38-34-13-7-8-14-36(34)47-40(48-38)44-28-33-29-52(50-49-33)22-10-20-42-19-9-21-43-31-11-5-4-6-12-31/h7-8,13-14,29-32,35,42-43,45H,4-6,9-12,15-28,41H2,1-3H3,(H2,44,46,47,48). The smallest absolute Gasteiger partial charge is 0.322 e. The molecular weight excluding hydrogens is 727 g/mol. The fraction of sp³-hybridized carbons (Fsp3) is 0.700. The number of anilines is 2. The van der Waals surface area contributed by atoms with Crippen LogP contribution in [0.1, 0.15) is 90.2 Å². The molecule has 2 aliphatic rings. The summed E-state index contributed by atoms with van der Waals surface area (Å²) in [5.74, 6) is 1.44. The van der Waals surface area contributed by atoms with Gasteiger partial charge in [-0.15, -0.1) is 5.10 Å². The van der Waals surface area contributed by atoms with Crippen molar-refractivity contribution in [2.75, 3.05) is 69.3 Å². The number of amides is 1. The lowest BCUT2D eigenvalue weighted by Gasteiger charge is -2.33. The van der Waals surface area contributed by atoms with Crippen molar-refractivity contribution in [3.05, 3.63) is 36.2 Å². The summed E-state index contributed by atoms with van der Waals surface area (Å²) >= 11 is 0. The van der Waals surface area contributed by atoms with Crippen LogP contribution >= 0.6 is 8.07 Å². The molecule has 0 radical (unpaired) electrons. The monoisotopic (exact) mass is 795 g/mol. The van der Waals surface area contributed by atoms with E-state index < -0.39 is 12.0 Å². The zero-order valence-electron chi connectivity index (χ0n) is 34.0. The van der Waals surface area contributed by atoms with Crippen molar-refractivity contribution in [1.82, 2.24) is 45.6 Å². The van der Waals surface area contributed by atoms with Crippen molar-refractivity contribution in [2.45, 2.75) is 116 Å². The number of likely N-dealkylation sites (tertiary alicyclic amines) is 1. The predicted molar refractivity (Wildman–Crippen MR) is 226 cm³/mol. The highest BCUT2D eigenvalue weighted by Crippen LogP contribution is 2.26. The molecule has 1 aliphatic heterocycles. The average Bonchev–Trinajstić information content (AvgIpc) is 3.67. The van der Waals surface area contributed by atoms with Gasteiger partial charge < -0.3 is 36.6 Å². The van der Waals surface area contributed by atoms with Gasteiger partial charge in [-0.1, -0.05) is 50.5 Å². The number of fused-ring (bicyclic) bond motifs is 1. The highest BCUT2D eigenvalue weighted by molar-refractivity contribution is 7.54. The number of hydrogen-bond donors (Lipinski definition) is 6. The minimum Gasteiger partial charge on any atom is -0.464 e. The van der Waals surface area contributed by atoms with E-state index in [1.165, 1.54) is 32.1 Å². The Morgan fingerprint density at radius 2 is 1.79 bits per heavy atom. The van der Waals surface area contributed by atoms with Crippen LogP contribution in [0.15, 0.2) is 30.5 Å². The van der Waals surface area contributed by atoms with Crippen LogP contribution in [0.2, 0.25) is 0 Å². The lowest BCUT2D eigenvalue weighted by atomic mass is 9.95. The maximum absolute atomic E-state index is 13.0. The van der Waals surface area contributed by atoms with E-state index in [9.17, 15) is 9.59 Å². The molecule has 2 fully saturated rings. The number of piperidine rings is 1. The van der Waals surface area contributed by atoms with Crippen LogP contribution in [-0.4, -0.2) is 119 Å². The van der Waals surface area contributed by atoms with Crippen LogP contribution in [0.25, 0.3) is 10.9 Å². The van der Waals surface area contributed by atoms with Crippen molar-refractivity contribution < 1.29 is 14.3 Å². The van der Waals surface area contributed by atoms with Crippen LogP contribution in [0.5, 0.6) is 0 Å². The summed E-state index contributed by atoms with van der Waals surface area (Å²) in [6.45, 7) is 13.4. The van der Waals surface area contributed by atoms with Gasteiger partial charge >= 0.3 is 5.97 Å². The van der Waals surface area contributed by atoms with Gasteiger partial charge in [0.05, 0.1) is 24.9 Å². The number of nitrogens with one attached hydrogen (secondary N) is 5. The molecule has 3 aromatic rings. The topological polar surface area (TPSA) is 189 Å². The summed E-state index contributed by atoms with van der Waals surface area (Å²) in [4.78, 5) is 36.9. The minimum atomic E-state index is -0.800. The molecule has 3 heterocycles. The Labute approximate surface area is 334 Å². The summed E-state index contributed by atoms with van der Waals surface area (Å²) < 4.78 is 7.30. The van der Waals surface area contributed by atoms with E-state index in [2.05, 4.69) is 57.2 Å². The highest BCUT2D eigenvalue weighted by Gasteiger charge is 2.25. The third-order valence-corrected chi connectivity index (χ3v) is 12.1. The van der Waals surface area contributed by atoms with Gasteiger partial charge in [-0.2, -0.15) is 4.98 Å². The normalized spacial score (nSPS) is 16.6. The molecule has 1 aliphatic carbocycles. The number of hydrogen-bond acceptors (Lipinski definition) is 13. The Bertz CT molecular complexity index is 1610. The van der Waals surface area contributed by atoms with E-state index in [0.717, 1.165) is 93.0 Å². The van der Waals surface area contributed by atoms with Crippen molar-refractivity contribution in [1.29, 1.82) is 0 Å². The van der Waals surface area contributed by atoms with E-state index >= 15 is 0 Å². The summed E-state index contributed by atoms with van der Waals surface area (Å²) in [6.07, 6.45) is 13.8. The van der Waals surface area contributed by atoms with Crippen LogP contribution < -0.4 is 32.1 Å². The third kappa shape index (κ3) is 15.1. The van der Waals surface area contributed by atoms with Gasteiger partial charge in [-0.25, -0.2) is 4.98 Å². The number of nitrogens with zero attached hydrogens (tertiary/aromatic N) is 6. The van der Waals surface area contributed by atoms with Crippen molar-refractivity contribution >= 4 is 42.6 Å². The maximum atomic E-state index is 13.0. The molecule has 1 amide bonds. The van der Waals surface area contributed by atoms with Crippen molar-refractivity contribution in [3.8, 4) is 0 Å². The number of carbonyl (C=O) groups excluding carboxylic acids is 2. The SMILES string of the molecule is CC(C)CNP(C)CCOC(=O)C(N)CCC(=O)N1CCC(Nc2nc(NCc3cn(CCCNCCCNC4CCCCC4)nn3)nc3ccccc23)CC1. The number of nitrogens with two attached hydrogens (primary N) is 1. The first-order valence-electron chi connectivity index (χ1n) is 21.0. The molecule has 16 heteroatoms. The number of para-hydroxylation sites is 1. The Hall–Kier alpha value is -3.49. The summed E-state index contributed by atoms with van der Waals surface area (Å²) in [5, 5.41) is 27.4. The first-order valence-corrected chi connectivity index (χ1v) is 23.0. The number of esters is 1. The molecule has 2 atom stereocenters. The van der Waals surface area contributed by atoms with Crippen LogP contribution in [0.4, 0.5) is 11.8 Å². The van der Waals surface area contributed by atoms with Gasteiger partial charge in [-0.05, 0) is 97.4 Å². The Morgan fingerprint density at radius 3 is 2.59 bits per heavy atom. The van der Waals surface area contributed by atoms with Gasteiger partial charge in [-0.3, -0.25) is 19.4 Å². The van der Waals surface area contributed by atoms with Gasteiger partial charge in [0, 0.05) is 56.2 Å². The first kappa shape index (κ1) is 43.6. The summed E-state index contributed by atoms with van der Waals surface area (Å²) in [7, 11) is -0.388. The molecule has 2 unspecified atom stereocenters. The predicted octanol–water partition coefficient (Wildman–Crippen LogP) is 4.45. The van der Waals surface area contributed by atoms with Crippen molar-refractivity contribution in [2.24, 2.45) is 11.7 Å². The molecule has 1 saturated heterocycles. The number of ether oxygens (including phenoxy) is 1. The van der Waals surface area contributed by atoms with E-state index in [-0.39, 0.29) is 32.9 Å². The largest absolute Gasteiger partial charge is 0.464 e. The van der Waals surface area contributed by atoms with E-state index in [0.29, 0.717) is 38.1 Å². The molecule has 0 spiro atoms. The number of benzene rings is 1. The van der Waals surface area contributed by atoms with Gasteiger partial charge in [0.25, 0.3) is 0 Å². The zero-order valence-corrected chi connectivity index (χ0v) is 34.9. The Balaban J connectivity index is 0.990. The third-order valence-electron chi connectivity index (χ3n) is 10.5. The Morgan fingerprint density at radius 1 is 1.00 bits per heavy atom. The highest BCUT2D eigenvalue weighted by atomic mass is 31.1. The average molecular weight is 795 g/mol. The first-order chi connectivity index (χ1) is 27.2. The van der Waals surface area contributed by atoms with Crippen molar-refractivity contribution in [3.63, 3.8) is 0 Å². The number of rotatable bonds is 24. The number of aryl methyl sites for hydroxylation is 1. The van der Waals surface area contributed by atoms with Gasteiger partial charge in [0.2, 0.25) is 11.9 Å². The molecule has 5 rings (SSSR count). The van der Waals surface area contributed by atoms with Crippen LogP contribution in [0.3, 0.4) is 0 Å². The number of carbonyl (C=O) groups is 2. The molecule has 1 saturated carbocycles. The number of aromatic nitrogens is 5. The molecule has 7 N–H and O–H groups in total. The lowest BCUT2D eigenvalue weighted by molar-refractivity contribution is -0.145.